The average molecular weight is 272 g/mol. The van der Waals surface area contributed by atoms with Crippen LogP contribution in [-0.2, 0) is 0 Å². The van der Waals surface area contributed by atoms with Crippen LogP contribution in [0.5, 0.6) is 5.75 Å². The summed E-state index contributed by atoms with van der Waals surface area (Å²) >= 11 is 0. The molecule has 1 aromatic carbocycles. The summed E-state index contributed by atoms with van der Waals surface area (Å²) in [5.41, 5.74) is 1.26. The summed E-state index contributed by atoms with van der Waals surface area (Å²) in [5, 5.41) is 12.2. The minimum absolute atomic E-state index is 0.103. The van der Waals surface area contributed by atoms with Crippen LogP contribution in [-0.4, -0.2) is 12.6 Å². The first-order chi connectivity index (χ1) is 9.70. The fourth-order valence-corrected chi connectivity index (χ4v) is 3.05. The highest BCUT2D eigenvalue weighted by atomic mass is 16.5. The fourth-order valence-electron chi connectivity index (χ4n) is 3.05. The Bertz CT molecular complexity index is 443. The molecule has 1 aromatic rings. The molecule has 3 heteroatoms. The zero-order valence-corrected chi connectivity index (χ0v) is 12.4. The van der Waals surface area contributed by atoms with Gasteiger partial charge in [0.1, 0.15) is 11.8 Å². The van der Waals surface area contributed by atoms with Gasteiger partial charge in [0.05, 0.1) is 0 Å². The Morgan fingerprint density at radius 1 is 1.25 bits per heavy atom. The Balaban J connectivity index is 1.88. The van der Waals surface area contributed by atoms with Crippen molar-refractivity contribution in [3.63, 3.8) is 0 Å². The highest BCUT2D eigenvalue weighted by Crippen LogP contribution is 2.29. The molecule has 2 rings (SSSR count). The monoisotopic (exact) mass is 272 g/mol. The lowest BCUT2D eigenvalue weighted by Gasteiger charge is -2.25. The summed E-state index contributed by atoms with van der Waals surface area (Å²) in [4.78, 5) is 0. The highest BCUT2D eigenvalue weighted by molar-refractivity contribution is 5.29. The summed E-state index contributed by atoms with van der Waals surface area (Å²) in [6, 6.07) is 10.9. The Morgan fingerprint density at radius 2 is 1.90 bits per heavy atom. The molecular formula is C17H24N2O. The zero-order valence-electron chi connectivity index (χ0n) is 12.4. The van der Waals surface area contributed by atoms with Crippen molar-refractivity contribution in [3.8, 4) is 11.8 Å². The highest BCUT2D eigenvalue weighted by Gasteiger charge is 2.22. The van der Waals surface area contributed by atoms with Gasteiger partial charge in [0.25, 0.3) is 0 Å². The number of hydrogen-bond donors (Lipinski definition) is 1. The van der Waals surface area contributed by atoms with Crippen molar-refractivity contribution in [2.45, 2.75) is 51.6 Å². The molecule has 2 atom stereocenters. The standard InChI is InChI=1S/C17H24N2O/c1-13(15-5-3-4-6-15)19-14(2)16-7-9-17(10-8-16)20-12-11-18/h7-10,13-15,19H,3-6,12H2,1-2H3/t13-,14?/m0/s1. The zero-order chi connectivity index (χ0) is 14.4. The van der Waals surface area contributed by atoms with Crippen LogP contribution < -0.4 is 10.1 Å². The Labute approximate surface area is 121 Å². The molecule has 1 fully saturated rings. The Morgan fingerprint density at radius 3 is 2.50 bits per heavy atom. The van der Waals surface area contributed by atoms with E-state index in [1.807, 2.05) is 18.2 Å². The smallest absolute Gasteiger partial charge is 0.174 e. The quantitative estimate of drug-likeness (QED) is 0.856. The predicted octanol–water partition coefficient (Wildman–Crippen LogP) is 3.82. The van der Waals surface area contributed by atoms with Crippen LogP contribution in [0.2, 0.25) is 0 Å². The van der Waals surface area contributed by atoms with Gasteiger partial charge in [-0.25, -0.2) is 0 Å². The topological polar surface area (TPSA) is 45.0 Å². The summed E-state index contributed by atoms with van der Waals surface area (Å²) in [5.74, 6) is 1.59. The Hall–Kier alpha value is -1.53. The third-order valence-electron chi connectivity index (χ3n) is 4.30. The summed E-state index contributed by atoms with van der Waals surface area (Å²) in [6.07, 6.45) is 5.50. The molecule has 1 unspecified atom stereocenters. The maximum Gasteiger partial charge on any atom is 0.174 e. The summed E-state index contributed by atoms with van der Waals surface area (Å²) < 4.78 is 5.27. The van der Waals surface area contributed by atoms with Crippen molar-refractivity contribution >= 4 is 0 Å². The van der Waals surface area contributed by atoms with E-state index >= 15 is 0 Å². The second kappa shape index (κ2) is 7.31. The lowest BCUT2D eigenvalue weighted by Crippen LogP contribution is -2.34. The molecule has 108 valence electrons. The lowest BCUT2D eigenvalue weighted by molar-refractivity contribution is 0.351. The van der Waals surface area contributed by atoms with E-state index < -0.39 is 0 Å². The van der Waals surface area contributed by atoms with Crippen molar-refractivity contribution in [2.24, 2.45) is 5.92 Å². The van der Waals surface area contributed by atoms with Crippen LogP contribution in [0.15, 0.2) is 24.3 Å². The first kappa shape index (κ1) is 14.9. The number of hydrogen-bond acceptors (Lipinski definition) is 3. The molecule has 0 radical (unpaired) electrons. The largest absolute Gasteiger partial charge is 0.479 e. The van der Waals surface area contributed by atoms with Crippen LogP contribution in [0, 0.1) is 17.2 Å². The molecule has 1 aliphatic carbocycles. The number of nitriles is 1. The second-order valence-corrected chi connectivity index (χ2v) is 5.74. The number of benzene rings is 1. The molecule has 0 bridgehead atoms. The van der Waals surface area contributed by atoms with Crippen molar-refractivity contribution < 1.29 is 4.74 Å². The molecule has 3 nitrogen and oxygen atoms in total. The molecule has 1 saturated carbocycles. The third kappa shape index (κ3) is 3.98. The molecule has 0 amide bonds. The maximum atomic E-state index is 8.49. The van der Waals surface area contributed by atoms with E-state index in [1.54, 1.807) is 0 Å². The number of rotatable bonds is 6. The molecule has 0 saturated heterocycles. The van der Waals surface area contributed by atoms with E-state index in [0.717, 1.165) is 11.7 Å². The molecule has 0 heterocycles. The predicted molar refractivity (Wildman–Crippen MR) is 80.5 cm³/mol. The van der Waals surface area contributed by atoms with Crippen molar-refractivity contribution in [1.29, 1.82) is 5.26 Å². The van der Waals surface area contributed by atoms with Gasteiger partial charge in [-0.15, -0.1) is 0 Å². The second-order valence-electron chi connectivity index (χ2n) is 5.74. The third-order valence-corrected chi connectivity index (χ3v) is 4.30. The lowest BCUT2D eigenvalue weighted by atomic mass is 9.98. The SMILES string of the molecule is CC(N[C@@H](C)C1CCCC1)c1ccc(OCC#N)cc1. The van der Waals surface area contributed by atoms with E-state index in [1.165, 1.54) is 31.2 Å². The van der Waals surface area contributed by atoms with Gasteiger partial charge < -0.3 is 10.1 Å². The van der Waals surface area contributed by atoms with Crippen molar-refractivity contribution in [1.82, 2.24) is 5.32 Å². The van der Waals surface area contributed by atoms with Crippen LogP contribution >= 0.6 is 0 Å². The van der Waals surface area contributed by atoms with Gasteiger partial charge in [-0.3, -0.25) is 0 Å². The maximum absolute atomic E-state index is 8.49. The van der Waals surface area contributed by atoms with Crippen LogP contribution in [0.1, 0.15) is 51.1 Å². The molecule has 0 aliphatic heterocycles. The van der Waals surface area contributed by atoms with Crippen LogP contribution in [0.25, 0.3) is 0 Å². The van der Waals surface area contributed by atoms with E-state index in [4.69, 9.17) is 10.00 Å². The van der Waals surface area contributed by atoms with Gasteiger partial charge in [-0.05, 0) is 50.3 Å². The molecule has 1 N–H and O–H groups in total. The van der Waals surface area contributed by atoms with Gasteiger partial charge in [-0.2, -0.15) is 5.26 Å². The molecular weight excluding hydrogens is 248 g/mol. The van der Waals surface area contributed by atoms with Gasteiger partial charge in [0, 0.05) is 12.1 Å². The number of nitrogens with one attached hydrogen (secondary N) is 1. The average Bonchev–Trinajstić information content (AvgIpc) is 3.00. The minimum Gasteiger partial charge on any atom is -0.479 e. The summed E-state index contributed by atoms with van der Waals surface area (Å²) in [6.45, 7) is 4.61. The Kier molecular flexibility index (Phi) is 5.43. The van der Waals surface area contributed by atoms with E-state index in [-0.39, 0.29) is 6.61 Å². The van der Waals surface area contributed by atoms with Crippen LogP contribution in [0.3, 0.4) is 0 Å². The van der Waals surface area contributed by atoms with Crippen molar-refractivity contribution in [3.05, 3.63) is 29.8 Å². The first-order valence-corrected chi connectivity index (χ1v) is 7.56. The van der Waals surface area contributed by atoms with E-state index in [9.17, 15) is 0 Å². The van der Waals surface area contributed by atoms with Gasteiger partial charge in [0.15, 0.2) is 6.61 Å². The number of nitrogens with zero attached hydrogens (tertiary/aromatic N) is 1. The summed E-state index contributed by atoms with van der Waals surface area (Å²) in [7, 11) is 0. The van der Waals surface area contributed by atoms with Gasteiger partial charge in [-0.1, -0.05) is 25.0 Å². The molecule has 0 spiro atoms. The minimum atomic E-state index is 0.103. The first-order valence-electron chi connectivity index (χ1n) is 7.56. The number of ether oxygens (including phenoxy) is 1. The molecule has 0 aromatic heterocycles. The van der Waals surface area contributed by atoms with Gasteiger partial charge >= 0.3 is 0 Å². The van der Waals surface area contributed by atoms with Crippen LogP contribution in [0.4, 0.5) is 0 Å². The normalized spacial score (nSPS) is 18.4. The van der Waals surface area contributed by atoms with E-state index in [0.29, 0.717) is 12.1 Å². The fraction of sp³-hybridized carbons (Fsp3) is 0.588. The van der Waals surface area contributed by atoms with Gasteiger partial charge in [0.2, 0.25) is 0 Å². The molecule has 1 aliphatic rings. The molecule has 20 heavy (non-hydrogen) atoms. The van der Waals surface area contributed by atoms with Crippen molar-refractivity contribution in [2.75, 3.05) is 6.61 Å². The van der Waals surface area contributed by atoms with E-state index in [2.05, 4.69) is 31.3 Å².